The monoisotopic (exact) mass is 420 g/mol. The number of anilines is 1. The van der Waals surface area contributed by atoms with Crippen molar-refractivity contribution in [2.75, 3.05) is 11.9 Å². The molecule has 2 aromatic carbocycles. The van der Waals surface area contributed by atoms with Crippen LogP contribution in [0.25, 0.3) is 11.3 Å². The molecule has 3 rings (SSSR count). The number of ether oxygens (including phenoxy) is 1. The van der Waals surface area contributed by atoms with Crippen LogP contribution in [0.5, 0.6) is 0 Å². The molecule has 0 saturated heterocycles. The Morgan fingerprint density at radius 3 is 2.62 bits per heavy atom. The van der Waals surface area contributed by atoms with E-state index in [-0.39, 0.29) is 17.3 Å². The van der Waals surface area contributed by atoms with Crippen LogP contribution in [0.4, 0.5) is 18.3 Å². The van der Waals surface area contributed by atoms with Crippen LogP contribution in [0.15, 0.2) is 53.9 Å². The molecule has 0 spiro atoms. The molecule has 1 amide bonds. The number of carbonyl (C=O) groups excluding carboxylic acids is 2. The fourth-order valence-electron chi connectivity index (χ4n) is 2.55. The summed E-state index contributed by atoms with van der Waals surface area (Å²) in [5.41, 5.74) is 0.256. The van der Waals surface area contributed by atoms with Gasteiger partial charge in [-0.25, -0.2) is 9.78 Å². The second kappa shape index (κ2) is 8.44. The molecule has 0 bridgehead atoms. The van der Waals surface area contributed by atoms with Gasteiger partial charge >= 0.3 is 12.1 Å². The Labute approximate surface area is 168 Å². The summed E-state index contributed by atoms with van der Waals surface area (Å²) in [6, 6.07) is 10.9. The molecular formula is C20H15F3N2O3S. The van der Waals surface area contributed by atoms with E-state index in [2.05, 4.69) is 10.3 Å². The maximum Gasteiger partial charge on any atom is 0.416 e. The predicted octanol–water partition coefficient (Wildman–Crippen LogP) is 5.26. The molecule has 0 aliphatic heterocycles. The average molecular weight is 420 g/mol. The summed E-state index contributed by atoms with van der Waals surface area (Å²) in [5.74, 6) is -1.21. The number of amides is 1. The van der Waals surface area contributed by atoms with Crippen molar-refractivity contribution in [3.63, 3.8) is 0 Å². The number of carbonyl (C=O) groups is 2. The van der Waals surface area contributed by atoms with E-state index < -0.39 is 23.6 Å². The first-order valence-corrected chi connectivity index (χ1v) is 9.38. The third kappa shape index (κ3) is 4.80. The van der Waals surface area contributed by atoms with E-state index in [4.69, 9.17) is 4.74 Å². The minimum atomic E-state index is -4.54. The Hall–Kier alpha value is -3.20. The van der Waals surface area contributed by atoms with Crippen molar-refractivity contribution in [1.29, 1.82) is 0 Å². The zero-order valence-electron chi connectivity index (χ0n) is 15.1. The summed E-state index contributed by atoms with van der Waals surface area (Å²) in [6.07, 6.45) is -4.54. The lowest BCUT2D eigenvalue weighted by Crippen LogP contribution is -2.13. The zero-order chi connectivity index (χ0) is 21.0. The van der Waals surface area contributed by atoms with E-state index in [1.165, 1.54) is 12.1 Å². The van der Waals surface area contributed by atoms with Gasteiger partial charge in [-0.2, -0.15) is 13.2 Å². The van der Waals surface area contributed by atoms with E-state index in [1.54, 1.807) is 36.6 Å². The van der Waals surface area contributed by atoms with Gasteiger partial charge in [0.1, 0.15) is 0 Å². The first-order chi connectivity index (χ1) is 13.8. The Morgan fingerprint density at radius 2 is 1.90 bits per heavy atom. The molecule has 0 aliphatic rings. The number of aromatic nitrogens is 1. The Bertz CT molecular complexity index is 1050. The molecule has 5 nitrogen and oxygen atoms in total. The number of benzene rings is 2. The molecule has 150 valence electrons. The molecule has 3 aromatic rings. The quantitative estimate of drug-likeness (QED) is 0.572. The number of hydrogen-bond acceptors (Lipinski definition) is 5. The molecule has 1 heterocycles. The number of alkyl halides is 3. The molecule has 0 fully saturated rings. The molecule has 0 saturated carbocycles. The summed E-state index contributed by atoms with van der Waals surface area (Å²) in [6.45, 7) is 1.92. The Morgan fingerprint density at radius 1 is 1.14 bits per heavy atom. The molecule has 0 atom stereocenters. The molecule has 29 heavy (non-hydrogen) atoms. The van der Waals surface area contributed by atoms with Crippen LogP contribution in [-0.4, -0.2) is 23.5 Å². The molecule has 0 unspecified atom stereocenters. The first-order valence-electron chi connectivity index (χ1n) is 8.50. The normalized spacial score (nSPS) is 11.2. The lowest BCUT2D eigenvalue weighted by molar-refractivity contribution is -0.137. The minimum absolute atomic E-state index is 0.136. The van der Waals surface area contributed by atoms with E-state index in [9.17, 15) is 22.8 Å². The largest absolute Gasteiger partial charge is 0.462 e. The van der Waals surface area contributed by atoms with Crippen LogP contribution in [0.2, 0.25) is 0 Å². The van der Waals surface area contributed by atoms with Crippen molar-refractivity contribution < 1.29 is 27.5 Å². The van der Waals surface area contributed by atoms with Crippen LogP contribution < -0.4 is 5.32 Å². The zero-order valence-corrected chi connectivity index (χ0v) is 15.9. The van der Waals surface area contributed by atoms with E-state index in [1.807, 2.05) is 0 Å². The van der Waals surface area contributed by atoms with Gasteiger partial charge < -0.3 is 4.74 Å². The Kier molecular flexibility index (Phi) is 5.97. The van der Waals surface area contributed by atoms with Crippen LogP contribution in [0, 0.1) is 0 Å². The second-order valence-corrected chi connectivity index (χ2v) is 6.69. The van der Waals surface area contributed by atoms with Gasteiger partial charge in [0.25, 0.3) is 5.91 Å². The second-order valence-electron chi connectivity index (χ2n) is 5.84. The van der Waals surface area contributed by atoms with Crippen LogP contribution >= 0.6 is 11.3 Å². The number of halogens is 3. The number of rotatable bonds is 5. The number of esters is 1. The van der Waals surface area contributed by atoms with Crippen molar-refractivity contribution in [3.8, 4) is 11.3 Å². The highest BCUT2D eigenvalue weighted by Gasteiger charge is 2.31. The van der Waals surface area contributed by atoms with Crippen molar-refractivity contribution in [2.24, 2.45) is 0 Å². The lowest BCUT2D eigenvalue weighted by atomic mass is 10.1. The molecule has 1 aromatic heterocycles. The van der Waals surface area contributed by atoms with Gasteiger partial charge in [-0.15, -0.1) is 11.3 Å². The maximum atomic E-state index is 12.8. The molecule has 1 N–H and O–H groups in total. The number of nitrogens with one attached hydrogen (secondary N) is 1. The van der Waals surface area contributed by atoms with E-state index >= 15 is 0 Å². The Balaban J connectivity index is 1.82. The number of hydrogen-bond donors (Lipinski definition) is 1. The first kappa shape index (κ1) is 20.5. The van der Waals surface area contributed by atoms with Crippen molar-refractivity contribution >= 4 is 28.3 Å². The van der Waals surface area contributed by atoms with Crippen LogP contribution in [0.3, 0.4) is 0 Å². The highest BCUT2D eigenvalue weighted by atomic mass is 32.1. The van der Waals surface area contributed by atoms with Gasteiger partial charge in [-0.1, -0.05) is 24.3 Å². The fourth-order valence-corrected chi connectivity index (χ4v) is 3.26. The molecule has 0 radical (unpaired) electrons. The van der Waals surface area contributed by atoms with Crippen molar-refractivity contribution in [1.82, 2.24) is 4.98 Å². The SMILES string of the molecule is CCOC(=O)c1ccccc1-c1csc(NC(=O)c2cccc(C(F)(F)F)c2)n1. The third-order valence-corrected chi connectivity index (χ3v) is 4.63. The number of thiazole rings is 1. The summed E-state index contributed by atoms with van der Waals surface area (Å²) in [5, 5.41) is 4.32. The van der Waals surface area contributed by atoms with E-state index in [0.29, 0.717) is 16.8 Å². The minimum Gasteiger partial charge on any atom is -0.462 e. The fraction of sp³-hybridized carbons (Fsp3) is 0.150. The van der Waals surface area contributed by atoms with Crippen molar-refractivity contribution in [3.05, 3.63) is 70.6 Å². The van der Waals surface area contributed by atoms with Gasteiger partial charge in [0.2, 0.25) is 0 Å². The lowest BCUT2D eigenvalue weighted by Gasteiger charge is -2.08. The summed E-state index contributed by atoms with van der Waals surface area (Å²) in [4.78, 5) is 28.7. The smallest absolute Gasteiger partial charge is 0.416 e. The highest BCUT2D eigenvalue weighted by Crippen LogP contribution is 2.31. The standard InChI is InChI=1S/C20H15F3N2O3S/c1-2-28-18(27)15-9-4-3-8-14(15)16-11-29-19(24-16)25-17(26)12-6-5-7-13(10-12)20(21,22)23/h3-11H,2H2,1H3,(H,24,25,26). The van der Waals surface area contributed by atoms with Gasteiger partial charge in [0.05, 0.1) is 23.4 Å². The average Bonchev–Trinajstić information content (AvgIpc) is 3.16. The third-order valence-electron chi connectivity index (χ3n) is 3.88. The summed E-state index contributed by atoms with van der Waals surface area (Å²) >= 11 is 1.09. The van der Waals surface area contributed by atoms with Gasteiger partial charge in [0.15, 0.2) is 5.13 Å². The van der Waals surface area contributed by atoms with Crippen LogP contribution in [-0.2, 0) is 10.9 Å². The predicted molar refractivity (Wildman–Crippen MR) is 103 cm³/mol. The summed E-state index contributed by atoms with van der Waals surface area (Å²) in [7, 11) is 0. The maximum absolute atomic E-state index is 12.8. The summed E-state index contributed by atoms with van der Waals surface area (Å²) < 4.78 is 43.5. The van der Waals surface area contributed by atoms with Gasteiger partial charge in [-0.3, -0.25) is 10.1 Å². The number of nitrogens with zero attached hydrogens (tertiary/aromatic N) is 1. The topological polar surface area (TPSA) is 68.3 Å². The van der Waals surface area contributed by atoms with Crippen LogP contribution in [0.1, 0.15) is 33.2 Å². The van der Waals surface area contributed by atoms with Gasteiger partial charge in [-0.05, 0) is 31.2 Å². The van der Waals surface area contributed by atoms with Crippen molar-refractivity contribution in [2.45, 2.75) is 13.1 Å². The van der Waals surface area contributed by atoms with E-state index in [0.717, 1.165) is 23.5 Å². The highest BCUT2D eigenvalue weighted by molar-refractivity contribution is 7.14. The molecule has 9 heteroatoms. The van der Waals surface area contributed by atoms with Gasteiger partial charge in [0, 0.05) is 16.5 Å². The molecule has 0 aliphatic carbocycles. The molecular weight excluding hydrogens is 405 g/mol.